The average Bonchev–Trinajstić information content (AvgIpc) is 2.98. The van der Waals surface area contributed by atoms with E-state index in [-0.39, 0.29) is 12.6 Å². The van der Waals surface area contributed by atoms with Crippen LogP contribution in [0.3, 0.4) is 0 Å². The van der Waals surface area contributed by atoms with Crippen molar-refractivity contribution in [3.05, 3.63) is 48.2 Å². The Morgan fingerprint density at radius 2 is 2.00 bits per heavy atom. The second-order valence-corrected chi connectivity index (χ2v) is 3.72. The van der Waals surface area contributed by atoms with E-state index in [0.717, 1.165) is 16.8 Å². The summed E-state index contributed by atoms with van der Waals surface area (Å²) in [6.07, 6.45) is 1.43. The Labute approximate surface area is 97.5 Å². The van der Waals surface area contributed by atoms with E-state index < -0.39 is 0 Å². The van der Waals surface area contributed by atoms with Gasteiger partial charge in [-0.15, -0.1) is 0 Å². The summed E-state index contributed by atoms with van der Waals surface area (Å²) in [6, 6.07) is 11.5. The van der Waals surface area contributed by atoms with Crippen LogP contribution >= 0.6 is 0 Å². The van der Waals surface area contributed by atoms with Crippen molar-refractivity contribution in [3.8, 4) is 11.3 Å². The number of hydrogen-bond acceptors (Lipinski definition) is 4. The number of benzene rings is 1. The Kier molecular flexibility index (Phi) is 2.26. The predicted molar refractivity (Wildman–Crippen MR) is 60.9 cm³/mol. The molecular formula is C13H9NO3. The number of ether oxygens (including phenoxy) is 1. The highest BCUT2D eigenvalue weighted by molar-refractivity contribution is 5.95. The fraction of sp³-hybridized carbons (Fsp3) is 0.0769. The van der Waals surface area contributed by atoms with Crippen LogP contribution in [0.2, 0.25) is 0 Å². The average molecular weight is 227 g/mol. The molecule has 4 nitrogen and oxygen atoms in total. The van der Waals surface area contributed by atoms with E-state index in [4.69, 9.17) is 9.26 Å². The first-order valence-corrected chi connectivity index (χ1v) is 5.23. The van der Waals surface area contributed by atoms with E-state index in [0.29, 0.717) is 5.76 Å². The third-order valence-corrected chi connectivity index (χ3v) is 2.56. The van der Waals surface area contributed by atoms with Crippen molar-refractivity contribution in [1.29, 1.82) is 0 Å². The summed E-state index contributed by atoms with van der Waals surface area (Å²) in [5.41, 5.74) is 2.46. The molecule has 3 rings (SSSR count). The first-order valence-electron chi connectivity index (χ1n) is 5.23. The summed E-state index contributed by atoms with van der Waals surface area (Å²) in [6.45, 7) is 0.252. The van der Waals surface area contributed by atoms with Gasteiger partial charge in [0.2, 0.25) is 0 Å². The van der Waals surface area contributed by atoms with Gasteiger partial charge in [-0.25, -0.2) is 4.79 Å². The maximum Gasteiger partial charge on any atom is 0.331 e. The van der Waals surface area contributed by atoms with Gasteiger partial charge in [-0.1, -0.05) is 35.5 Å². The number of cyclic esters (lactones) is 1. The lowest BCUT2D eigenvalue weighted by Gasteiger charge is -1.92. The third kappa shape index (κ3) is 1.85. The molecule has 84 valence electrons. The molecule has 0 radical (unpaired) electrons. The Bertz CT molecular complexity index is 584. The fourth-order valence-electron chi connectivity index (χ4n) is 1.69. The van der Waals surface area contributed by atoms with Gasteiger partial charge in [0.1, 0.15) is 12.3 Å². The van der Waals surface area contributed by atoms with Gasteiger partial charge in [0.05, 0.1) is 0 Å². The monoisotopic (exact) mass is 227 g/mol. The van der Waals surface area contributed by atoms with Crippen LogP contribution in [-0.4, -0.2) is 17.7 Å². The highest BCUT2D eigenvalue weighted by atomic mass is 16.5. The molecule has 1 aromatic carbocycles. The Morgan fingerprint density at radius 3 is 2.71 bits per heavy atom. The molecular weight excluding hydrogens is 218 g/mol. The normalized spacial score (nSPS) is 14.6. The number of esters is 1. The molecule has 17 heavy (non-hydrogen) atoms. The van der Waals surface area contributed by atoms with E-state index in [1.807, 2.05) is 36.4 Å². The minimum atomic E-state index is -0.335. The van der Waals surface area contributed by atoms with Crippen LogP contribution in [-0.2, 0) is 9.53 Å². The quantitative estimate of drug-likeness (QED) is 0.738. The molecule has 1 aromatic heterocycles. The molecule has 2 aromatic rings. The van der Waals surface area contributed by atoms with Gasteiger partial charge in [0, 0.05) is 23.3 Å². The Morgan fingerprint density at radius 1 is 1.18 bits per heavy atom. The van der Waals surface area contributed by atoms with E-state index >= 15 is 0 Å². The molecule has 4 heteroatoms. The molecule has 0 aliphatic carbocycles. The lowest BCUT2D eigenvalue weighted by atomic mass is 10.1. The second-order valence-electron chi connectivity index (χ2n) is 3.72. The number of carbonyl (C=O) groups excluding carboxylic acids is 1. The van der Waals surface area contributed by atoms with Gasteiger partial charge in [0.15, 0.2) is 5.76 Å². The molecule has 0 saturated carbocycles. The van der Waals surface area contributed by atoms with Crippen molar-refractivity contribution in [3.63, 3.8) is 0 Å². The maximum absolute atomic E-state index is 10.9. The van der Waals surface area contributed by atoms with Crippen molar-refractivity contribution in [2.24, 2.45) is 0 Å². The van der Waals surface area contributed by atoms with Gasteiger partial charge in [-0.05, 0) is 0 Å². The minimum absolute atomic E-state index is 0.252. The van der Waals surface area contributed by atoms with Crippen LogP contribution in [0.1, 0.15) is 5.76 Å². The number of carbonyl (C=O) groups is 1. The summed E-state index contributed by atoms with van der Waals surface area (Å²) in [5, 5.41) is 3.97. The molecule has 1 aliphatic rings. The number of hydrogen-bond donors (Lipinski definition) is 0. The van der Waals surface area contributed by atoms with Crippen LogP contribution < -0.4 is 0 Å². The molecule has 0 fully saturated rings. The summed E-state index contributed by atoms with van der Waals surface area (Å²) >= 11 is 0. The van der Waals surface area contributed by atoms with Gasteiger partial charge in [-0.2, -0.15) is 0 Å². The standard InChI is InChI=1S/C13H9NO3/c15-13-6-10(8-16-13)12-7-11(14-17-12)9-4-2-1-3-5-9/h1-7H,8H2. The molecule has 0 saturated heterocycles. The van der Waals surface area contributed by atoms with Crippen molar-refractivity contribution in [2.45, 2.75) is 0 Å². The zero-order chi connectivity index (χ0) is 11.7. The van der Waals surface area contributed by atoms with E-state index in [9.17, 15) is 4.79 Å². The van der Waals surface area contributed by atoms with Crippen molar-refractivity contribution in [2.75, 3.05) is 6.61 Å². The van der Waals surface area contributed by atoms with Gasteiger partial charge in [-0.3, -0.25) is 0 Å². The molecule has 0 amide bonds. The summed E-state index contributed by atoms with van der Waals surface area (Å²) < 4.78 is 10.0. The SMILES string of the molecule is O=C1C=C(c2cc(-c3ccccc3)no2)CO1. The van der Waals surface area contributed by atoms with Crippen LogP contribution in [0, 0.1) is 0 Å². The molecule has 0 N–H and O–H groups in total. The summed E-state index contributed by atoms with van der Waals surface area (Å²) in [5.74, 6) is 0.243. The first-order chi connectivity index (χ1) is 8.33. The smallest absolute Gasteiger partial charge is 0.331 e. The molecule has 0 spiro atoms. The van der Waals surface area contributed by atoms with Crippen LogP contribution in [0.5, 0.6) is 0 Å². The highest BCUT2D eigenvalue weighted by Gasteiger charge is 2.18. The minimum Gasteiger partial charge on any atom is -0.457 e. The fourth-order valence-corrected chi connectivity index (χ4v) is 1.69. The van der Waals surface area contributed by atoms with Crippen molar-refractivity contribution < 1.29 is 14.1 Å². The molecule has 1 aliphatic heterocycles. The van der Waals surface area contributed by atoms with Crippen molar-refractivity contribution >= 4 is 11.5 Å². The number of rotatable bonds is 2. The van der Waals surface area contributed by atoms with E-state index in [1.165, 1.54) is 6.08 Å². The molecule has 0 atom stereocenters. The summed E-state index contributed by atoms with van der Waals surface area (Å²) in [7, 11) is 0. The van der Waals surface area contributed by atoms with Crippen LogP contribution in [0.25, 0.3) is 16.8 Å². The number of nitrogens with zero attached hydrogens (tertiary/aromatic N) is 1. The van der Waals surface area contributed by atoms with Gasteiger partial charge >= 0.3 is 5.97 Å². The maximum atomic E-state index is 10.9. The largest absolute Gasteiger partial charge is 0.457 e. The molecule has 2 heterocycles. The highest BCUT2D eigenvalue weighted by Crippen LogP contribution is 2.25. The Balaban J connectivity index is 1.94. The number of aromatic nitrogens is 1. The zero-order valence-corrected chi connectivity index (χ0v) is 8.92. The molecule has 0 unspecified atom stereocenters. The van der Waals surface area contributed by atoms with E-state index in [1.54, 1.807) is 0 Å². The van der Waals surface area contributed by atoms with E-state index in [2.05, 4.69) is 5.16 Å². The predicted octanol–water partition coefficient (Wildman–Crippen LogP) is 2.28. The Hall–Kier alpha value is -2.36. The topological polar surface area (TPSA) is 52.3 Å². The lowest BCUT2D eigenvalue weighted by Crippen LogP contribution is -1.90. The first kappa shape index (κ1) is 9.84. The van der Waals surface area contributed by atoms with Crippen molar-refractivity contribution in [1.82, 2.24) is 5.16 Å². The molecule has 0 bridgehead atoms. The van der Waals surface area contributed by atoms with Gasteiger partial charge in [0.25, 0.3) is 0 Å². The summed E-state index contributed by atoms with van der Waals surface area (Å²) in [4.78, 5) is 10.9. The van der Waals surface area contributed by atoms with Gasteiger partial charge < -0.3 is 9.26 Å². The van der Waals surface area contributed by atoms with Crippen LogP contribution in [0.15, 0.2) is 47.0 Å². The third-order valence-electron chi connectivity index (χ3n) is 2.56. The second kappa shape index (κ2) is 3.90. The lowest BCUT2D eigenvalue weighted by molar-refractivity contribution is -0.134. The van der Waals surface area contributed by atoms with Crippen LogP contribution in [0.4, 0.5) is 0 Å². The zero-order valence-electron chi connectivity index (χ0n) is 8.92.